The van der Waals surface area contributed by atoms with Gasteiger partial charge in [-0.1, -0.05) is 52.4 Å². The summed E-state index contributed by atoms with van der Waals surface area (Å²) in [4.78, 5) is 11.6. The van der Waals surface area contributed by atoms with Gasteiger partial charge in [0, 0.05) is 19.4 Å². The first-order chi connectivity index (χ1) is 11.0. The fourth-order valence-electron chi connectivity index (χ4n) is 2.68. The van der Waals surface area contributed by atoms with Crippen LogP contribution in [0.3, 0.4) is 0 Å². The van der Waals surface area contributed by atoms with Gasteiger partial charge in [-0.15, -0.1) is 0 Å². The van der Waals surface area contributed by atoms with Crippen LogP contribution in [0, 0.1) is 5.92 Å². The molecule has 1 aliphatic rings. The van der Waals surface area contributed by atoms with Crippen LogP contribution in [0.15, 0.2) is 12.4 Å². The Hall–Kier alpha value is -0.550. The van der Waals surface area contributed by atoms with Crippen molar-refractivity contribution in [2.75, 3.05) is 20.3 Å². The Morgan fingerprint density at radius 1 is 1.13 bits per heavy atom. The molecule has 0 aromatic carbocycles. The van der Waals surface area contributed by atoms with Gasteiger partial charge in [0.1, 0.15) is 6.67 Å². The standard InChI is InChI=1S/C16H33N2O4P/c1-4-6-9-16(10-7-5-2)11-8-14-21-23(19,20)22-18-13-12-17(3)15-18/h12-13,16H,4-11,14-15H2,1-3H3,(H,19,20). The van der Waals surface area contributed by atoms with Crippen molar-refractivity contribution in [1.29, 1.82) is 0 Å². The Kier molecular flexibility index (Phi) is 9.88. The molecular weight excluding hydrogens is 315 g/mol. The van der Waals surface area contributed by atoms with E-state index in [2.05, 4.69) is 13.8 Å². The largest absolute Gasteiger partial charge is 0.493 e. The molecule has 7 heteroatoms. The van der Waals surface area contributed by atoms with Crippen molar-refractivity contribution in [3.63, 3.8) is 0 Å². The Morgan fingerprint density at radius 3 is 2.26 bits per heavy atom. The minimum atomic E-state index is -4.02. The van der Waals surface area contributed by atoms with Gasteiger partial charge in [0.15, 0.2) is 0 Å². The minimum absolute atomic E-state index is 0.260. The second kappa shape index (κ2) is 11.1. The Balaban J connectivity index is 2.22. The molecule has 0 amide bonds. The van der Waals surface area contributed by atoms with Crippen LogP contribution >= 0.6 is 7.82 Å². The molecule has 1 unspecified atom stereocenters. The molecule has 0 fully saturated rings. The highest BCUT2D eigenvalue weighted by Crippen LogP contribution is 2.45. The summed E-state index contributed by atoms with van der Waals surface area (Å²) in [6.07, 6.45) is 12.7. The number of phosphoric acid groups is 1. The van der Waals surface area contributed by atoms with Gasteiger partial charge in [0.05, 0.1) is 6.61 Å². The molecule has 6 nitrogen and oxygen atoms in total. The fourth-order valence-corrected chi connectivity index (χ4v) is 3.46. The van der Waals surface area contributed by atoms with Crippen LogP contribution in [-0.4, -0.2) is 35.2 Å². The average molecular weight is 348 g/mol. The lowest BCUT2D eigenvalue weighted by Crippen LogP contribution is -2.22. The van der Waals surface area contributed by atoms with Crippen LogP contribution in [0.1, 0.15) is 65.2 Å². The highest BCUT2D eigenvalue weighted by atomic mass is 31.2. The molecule has 1 N–H and O–H groups in total. The van der Waals surface area contributed by atoms with E-state index in [9.17, 15) is 9.46 Å². The summed E-state index contributed by atoms with van der Waals surface area (Å²) in [7, 11) is -2.17. The van der Waals surface area contributed by atoms with Gasteiger partial charge in [-0.2, -0.15) is 4.62 Å². The molecule has 0 spiro atoms. The van der Waals surface area contributed by atoms with Gasteiger partial charge in [0.25, 0.3) is 0 Å². The van der Waals surface area contributed by atoms with E-state index < -0.39 is 7.82 Å². The summed E-state index contributed by atoms with van der Waals surface area (Å²) in [6, 6.07) is 0. The van der Waals surface area contributed by atoms with Gasteiger partial charge in [0.2, 0.25) is 0 Å². The number of hydroxylamine groups is 2. The van der Waals surface area contributed by atoms with Crippen molar-refractivity contribution in [1.82, 2.24) is 9.96 Å². The van der Waals surface area contributed by atoms with E-state index in [1.165, 1.54) is 43.6 Å². The molecule has 0 radical (unpaired) electrons. The molecule has 0 aromatic heterocycles. The molecule has 0 saturated carbocycles. The predicted octanol–water partition coefficient (Wildman–Crippen LogP) is 4.49. The molecule has 1 heterocycles. The zero-order chi connectivity index (χ0) is 17.1. The third-order valence-electron chi connectivity index (χ3n) is 4.00. The lowest BCUT2D eigenvalue weighted by molar-refractivity contribution is -0.0533. The number of phosphoric ester groups is 1. The van der Waals surface area contributed by atoms with Crippen LogP contribution < -0.4 is 0 Å². The third-order valence-corrected chi connectivity index (χ3v) is 4.93. The van der Waals surface area contributed by atoms with Crippen LogP contribution in [-0.2, 0) is 13.7 Å². The van der Waals surface area contributed by atoms with Gasteiger partial charge in [-0.05, 0) is 18.8 Å². The number of nitrogens with zero attached hydrogens (tertiary/aromatic N) is 2. The molecule has 1 atom stereocenters. The van der Waals surface area contributed by atoms with E-state index in [-0.39, 0.29) is 6.61 Å². The van der Waals surface area contributed by atoms with Crippen LogP contribution in [0.2, 0.25) is 0 Å². The topological polar surface area (TPSA) is 62.2 Å². The average Bonchev–Trinajstić information content (AvgIpc) is 2.89. The quantitative estimate of drug-likeness (QED) is 0.391. The second-order valence-corrected chi connectivity index (χ2v) is 7.65. The molecule has 1 rings (SSSR count). The minimum Gasteiger partial charge on any atom is -0.360 e. The maximum absolute atomic E-state index is 11.9. The first-order valence-electron chi connectivity index (χ1n) is 8.79. The van der Waals surface area contributed by atoms with Crippen LogP contribution in [0.25, 0.3) is 0 Å². The second-order valence-electron chi connectivity index (χ2n) is 6.29. The van der Waals surface area contributed by atoms with Gasteiger partial charge in [-0.3, -0.25) is 4.52 Å². The summed E-state index contributed by atoms with van der Waals surface area (Å²) < 4.78 is 22.0. The highest BCUT2D eigenvalue weighted by molar-refractivity contribution is 7.47. The van der Waals surface area contributed by atoms with Gasteiger partial charge < -0.3 is 9.79 Å². The van der Waals surface area contributed by atoms with E-state index in [0.717, 1.165) is 12.8 Å². The molecule has 0 bridgehead atoms. The van der Waals surface area contributed by atoms with E-state index in [1.807, 2.05) is 11.9 Å². The predicted molar refractivity (Wildman–Crippen MR) is 92.2 cm³/mol. The highest BCUT2D eigenvalue weighted by Gasteiger charge is 2.26. The smallest absolute Gasteiger partial charge is 0.360 e. The molecule has 0 saturated heterocycles. The van der Waals surface area contributed by atoms with Crippen molar-refractivity contribution in [2.45, 2.75) is 65.2 Å². The molecule has 136 valence electrons. The van der Waals surface area contributed by atoms with Gasteiger partial charge >= 0.3 is 7.82 Å². The normalized spacial score (nSPS) is 17.3. The molecule has 0 aromatic rings. The SMILES string of the molecule is CCCCC(CCCC)CCCOP(=O)(O)ON1C=CN(C)C1. The van der Waals surface area contributed by atoms with E-state index >= 15 is 0 Å². The first kappa shape index (κ1) is 20.5. The lowest BCUT2D eigenvalue weighted by atomic mass is 9.92. The van der Waals surface area contributed by atoms with E-state index in [4.69, 9.17) is 9.15 Å². The van der Waals surface area contributed by atoms with E-state index in [1.54, 1.807) is 12.4 Å². The van der Waals surface area contributed by atoms with Crippen molar-refractivity contribution in [2.24, 2.45) is 5.92 Å². The zero-order valence-corrected chi connectivity index (χ0v) is 15.7. The Bertz CT molecular complexity index is 384. The Morgan fingerprint density at radius 2 is 1.74 bits per heavy atom. The summed E-state index contributed by atoms with van der Waals surface area (Å²) >= 11 is 0. The summed E-state index contributed by atoms with van der Waals surface area (Å²) in [5.41, 5.74) is 0. The monoisotopic (exact) mass is 348 g/mol. The lowest BCUT2D eigenvalue weighted by Gasteiger charge is -2.20. The maximum atomic E-state index is 11.9. The first-order valence-corrected chi connectivity index (χ1v) is 10.3. The molecule has 0 aliphatic carbocycles. The number of rotatable bonds is 13. The number of unbranched alkanes of at least 4 members (excludes halogenated alkanes) is 2. The summed E-state index contributed by atoms with van der Waals surface area (Å²) in [5, 5.41) is 1.31. The van der Waals surface area contributed by atoms with Crippen molar-refractivity contribution in [3.8, 4) is 0 Å². The van der Waals surface area contributed by atoms with Crippen molar-refractivity contribution < 1.29 is 18.6 Å². The third kappa shape index (κ3) is 9.36. The summed E-state index contributed by atoms with van der Waals surface area (Å²) in [6.45, 7) is 5.10. The maximum Gasteiger partial charge on any atom is 0.493 e. The molecular formula is C16H33N2O4P. The van der Waals surface area contributed by atoms with Crippen LogP contribution in [0.4, 0.5) is 0 Å². The summed E-state index contributed by atoms with van der Waals surface area (Å²) in [5.74, 6) is 0.702. The van der Waals surface area contributed by atoms with Crippen molar-refractivity contribution >= 4 is 7.82 Å². The fraction of sp³-hybridized carbons (Fsp3) is 0.875. The molecule has 1 aliphatic heterocycles. The van der Waals surface area contributed by atoms with Crippen molar-refractivity contribution in [3.05, 3.63) is 12.4 Å². The van der Waals surface area contributed by atoms with Crippen LogP contribution in [0.5, 0.6) is 0 Å². The van der Waals surface area contributed by atoms with E-state index in [0.29, 0.717) is 12.6 Å². The Labute approximate surface area is 141 Å². The molecule has 23 heavy (non-hydrogen) atoms. The zero-order valence-electron chi connectivity index (χ0n) is 14.8. The van der Waals surface area contributed by atoms with Gasteiger partial charge in [-0.25, -0.2) is 9.63 Å². The number of hydrogen-bond acceptors (Lipinski definition) is 5. The number of hydrogen-bond donors (Lipinski definition) is 1.